The summed E-state index contributed by atoms with van der Waals surface area (Å²) in [6, 6.07) is 2.42. The first-order valence-corrected chi connectivity index (χ1v) is 6.14. The molecule has 1 saturated carbocycles. The molecule has 2 fully saturated rings. The van der Waals surface area contributed by atoms with Gasteiger partial charge in [-0.3, -0.25) is 5.32 Å². The van der Waals surface area contributed by atoms with Crippen LogP contribution >= 0.6 is 11.8 Å². The summed E-state index contributed by atoms with van der Waals surface area (Å²) in [4.78, 5) is 0.275. The third kappa shape index (κ3) is 2.00. The minimum atomic E-state index is 0.100. The molecule has 0 aromatic carbocycles. The number of thioether (sulfide) groups is 1. The van der Waals surface area contributed by atoms with E-state index in [1.165, 1.54) is 38.5 Å². The Morgan fingerprint density at radius 2 is 1.92 bits per heavy atom. The fraction of sp³-hybridized carbons (Fsp3) is 0.900. The van der Waals surface area contributed by atoms with Crippen LogP contribution < -0.4 is 5.32 Å². The van der Waals surface area contributed by atoms with E-state index in [4.69, 9.17) is 5.26 Å². The maximum Gasteiger partial charge on any atom is 0.106 e. The molecule has 2 rings (SSSR count). The zero-order valence-corrected chi connectivity index (χ0v) is 8.70. The van der Waals surface area contributed by atoms with Gasteiger partial charge in [-0.25, -0.2) is 0 Å². The summed E-state index contributed by atoms with van der Waals surface area (Å²) in [5.41, 5.74) is 0. The lowest BCUT2D eigenvalue weighted by Gasteiger charge is -2.27. The molecule has 1 atom stereocenters. The van der Waals surface area contributed by atoms with Crippen LogP contribution in [0, 0.1) is 11.3 Å². The first-order valence-electron chi connectivity index (χ1n) is 5.16. The van der Waals surface area contributed by atoms with Gasteiger partial charge in [-0.05, 0) is 12.8 Å². The lowest BCUT2D eigenvalue weighted by Crippen LogP contribution is -2.40. The highest BCUT2D eigenvalue weighted by Gasteiger charge is 2.38. The van der Waals surface area contributed by atoms with Gasteiger partial charge < -0.3 is 0 Å². The normalized spacial score (nSPS) is 32.7. The smallest absolute Gasteiger partial charge is 0.106 e. The Morgan fingerprint density at radius 3 is 2.46 bits per heavy atom. The second kappa shape index (κ2) is 3.89. The SMILES string of the molecule is N#CC1CSC2(CCCCCC2)N1. The Balaban J connectivity index is 2.00. The third-order valence-electron chi connectivity index (χ3n) is 3.03. The van der Waals surface area contributed by atoms with Crippen molar-refractivity contribution < 1.29 is 0 Å². The van der Waals surface area contributed by atoms with Crippen molar-refractivity contribution in [2.75, 3.05) is 5.75 Å². The molecule has 2 nitrogen and oxygen atoms in total. The molecule has 1 spiro atoms. The highest BCUT2D eigenvalue weighted by Crippen LogP contribution is 2.40. The van der Waals surface area contributed by atoms with Crippen molar-refractivity contribution in [1.29, 1.82) is 5.26 Å². The van der Waals surface area contributed by atoms with Gasteiger partial charge in [-0.2, -0.15) is 5.26 Å². The minimum Gasteiger partial charge on any atom is -0.287 e. The van der Waals surface area contributed by atoms with Gasteiger partial charge in [-0.15, -0.1) is 11.8 Å². The van der Waals surface area contributed by atoms with E-state index >= 15 is 0 Å². The molecular weight excluding hydrogens is 180 g/mol. The van der Waals surface area contributed by atoms with Gasteiger partial charge in [-0.1, -0.05) is 25.7 Å². The van der Waals surface area contributed by atoms with Gasteiger partial charge in [0.05, 0.1) is 10.9 Å². The highest BCUT2D eigenvalue weighted by molar-refractivity contribution is 8.00. The highest BCUT2D eigenvalue weighted by atomic mass is 32.2. The lowest BCUT2D eigenvalue weighted by molar-refractivity contribution is 0.424. The van der Waals surface area contributed by atoms with Crippen molar-refractivity contribution in [1.82, 2.24) is 5.32 Å². The van der Waals surface area contributed by atoms with Gasteiger partial charge in [0.25, 0.3) is 0 Å². The first kappa shape index (κ1) is 9.36. The third-order valence-corrected chi connectivity index (χ3v) is 4.61. The first-order chi connectivity index (χ1) is 6.35. The van der Waals surface area contributed by atoms with Crippen molar-refractivity contribution in [3.8, 4) is 6.07 Å². The van der Waals surface area contributed by atoms with Crippen LogP contribution in [0.5, 0.6) is 0 Å². The Hall–Kier alpha value is -0.200. The summed E-state index contributed by atoms with van der Waals surface area (Å²) in [5.74, 6) is 0.983. The maximum atomic E-state index is 8.82. The molecule has 1 saturated heterocycles. The number of nitriles is 1. The molecule has 0 bridgehead atoms. The van der Waals surface area contributed by atoms with Crippen LogP contribution in [-0.4, -0.2) is 16.7 Å². The summed E-state index contributed by atoms with van der Waals surface area (Å²) in [7, 11) is 0. The van der Waals surface area contributed by atoms with E-state index in [1.54, 1.807) is 0 Å². The topological polar surface area (TPSA) is 35.8 Å². The number of nitrogens with zero attached hydrogens (tertiary/aromatic N) is 1. The van der Waals surface area contributed by atoms with Gasteiger partial charge >= 0.3 is 0 Å². The van der Waals surface area contributed by atoms with E-state index in [2.05, 4.69) is 11.4 Å². The summed E-state index contributed by atoms with van der Waals surface area (Å²) in [6.07, 6.45) is 7.93. The van der Waals surface area contributed by atoms with Crippen molar-refractivity contribution in [3.63, 3.8) is 0 Å². The van der Waals surface area contributed by atoms with Crippen LogP contribution in [0.25, 0.3) is 0 Å². The van der Waals surface area contributed by atoms with Crippen molar-refractivity contribution >= 4 is 11.8 Å². The molecule has 1 N–H and O–H groups in total. The molecule has 1 aliphatic carbocycles. The molecule has 1 unspecified atom stereocenters. The molecule has 13 heavy (non-hydrogen) atoms. The van der Waals surface area contributed by atoms with E-state index in [0.717, 1.165) is 5.75 Å². The predicted octanol–water partition coefficient (Wildman–Crippen LogP) is 2.27. The number of nitrogens with one attached hydrogen (secondary N) is 1. The summed E-state index contributed by atoms with van der Waals surface area (Å²) < 4.78 is 0. The van der Waals surface area contributed by atoms with E-state index in [9.17, 15) is 0 Å². The summed E-state index contributed by atoms with van der Waals surface area (Å²) in [5, 5.41) is 12.3. The Kier molecular flexibility index (Phi) is 2.80. The van der Waals surface area contributed by atoms with Gasteiger partial charge in [0.2, 0.25) is 0 Å². The zero-order chi connectivity index (χ0) is 9.15. The molecule has 0 aromatic heterocycles. The van der Waals surface area contributed by atoms with Crippen LogP contribution in [0.3, 0.4) is 0 Å². The summed E-state index contributed by atoms with van der Waals surface area (Å²) in [6.45, 7) is 0. The number of hydrogen-bond donors (Lipinski definition) is 1. The molecule has 1 heterocycles. The number of rotatable bonds is 0. The molecule has 0 radical (unpaired) electrons. The molecule has 3 heteroatoms. The fourth-order valence-electron chi connectivity index (χ4n) is 2.30. The molecule has 2 aliphatic rings. The van der Waals surface area contributed by atoms with Crippen LogP contribution in [0.4, 0.5) is 0 Å². The van der Waals surface area contributed by atoms with Gasteiger partial charge in [0.1, 0.15) is 6.04 Å². The lowest BCUT2D eigenvalue weighted by atomic mass is 10.1. The van der Waals surface area contributed by atoms with Crippen LogP contribution in [0.15, 0.2) is 0 Å². The quantitative estimate of drug-likeness (QED) is 0.645. The molecule has 0 aromatic rings. The Bertz CT molecular complexity index is 213. The largest absolute Gasteiger partial charge is 0.287 e. The van der Waals surface area contributed by atoms with Crippen molar-refractivity contribution in [3.05, 3.63) is 0 Å². The molecule has 1 aliphatic heterocycles. The molecule has 72 valence electrons. The average molecular weight is 196 g/mol. The van der Waals surface area contributed by atoms with Crippen LogP contribution in [0.2, 0.25) is 0 Å². The maximum absolute atomic E-state index is 8.82. The van der Waals surface area contributed by atoms with E-state index in [-0.39, 0.29) is 10.9 Å². The van der Waals surface area contributed by atoms with Gasteiger partial charge in [0, 0.05) is 5.75 Å². The second-order valence-electron chi connectivity index (χ2n) is 4.05. The standard InChI is InChI=1S/C10H16N2S/c11-7-9-8-13-10(12-9)5-3-1-2-4-6-10/h9,12H,1-6,8H2. The van der Waals surface area contributed by atoms with Gasteiger partial charge in [0.15, 0.2) is 0 Å². The molecular formula is C10H16N2S. The average Bonchev–Trinajstić information content (AvgIpc) is 2.40. The monoisotopic (exact) mass is 196 g/mol. The second-order valence-corrected chi connectivity index (χ2v) is 5.45. The Morgan fingerprint density at radius 1 is 1.23 bits per heavy atom. The van der Waals surface area contributed by atoms with E-state index < -0.39 is 0 Å². The summed E-state index contributed by atoms with van der Waals surface area (Å²) >= 11 is 1.98. The van der Waals surface area contributed by atoms with Crippen LogP contribution in [0.1, 0.15) is 38.5 Å². The number of hydrogen-bond acceptors (Lipinski definition) is 3. The van der Waals surface area contributed by atoms with E-state index in [0.29, 0.717) is 0 Å². The van der Waals surface area contributed by atoms with Crippen molar-refractivity contribution in [2.45, 2.75) is 49.4 Å². The van der Waals surface area contributed by atoms with E-state index in [1.807, 2.05) is 11.8 Å². The minimum absolute atomic E-state index is 0.100. The zero-order valence-electron chi connectivity index (χ0n) is 7.88. The fourth-order valence-corrected chi connectivity index (χ4v) is 3.75. The van der Waals surface area contributed by atoms with Crippen LogP contribution in [-0.2, 0) is 0 Å². The Labute approximate surface area is 84.1 Å². The predicted molar refractivity (Wildman–Crippen MR) is 55.4 cm³/mol. The van der Waals surface area contributed by atoms with Crippen molar-refractivity contribution in [2.24, 2.45) is 0 Å². The molecule has 0 amide bonds.